The Hall–Kier alpha value is -2.83. The van der Waals surface area contributed by atoms with Crippen LogP contribution in [0.3, 0.4) is 0 Å². The van der Waals surface area contributed by atoms with Gasteiger partial charge in [-0.25, -0.2) is 0 Å². The predicted octanol–water partition coefficient (Wildman–Crippen LogP) is 4.18. The zero-order valence-electron chi connectivity index (χ0n) is 16.7. The molecule has 1 N–H and O–H groups in total. The smallest absolute Gasteiger partial charge is 0.126 e. The summed E-state index contributed by atoms with van der Waals surface area (Å²) in [6.45, 7) is 4.52. The minimum Gasteiger partial charge on any atom is -0.492 e. The number of ether oxygens (including phenoxy) is 1. The van der Waals surface area contributed by atoms with Gasteiger partial charge in [-0.05, 0) is 54.5 Å². The summed E-state index contributed by atoms with van der Waals surface area (Å²) in [4.78, 5) is 2.89. The molecule has 0 aliphatic heterocycles. The lowest BCUT2D eigenvalue weighted by molar-refractivity contribution is 0.244. The molecule has 1 atom stereocenters. The molecule has 0 saturated heterocycles. The molecule has 0 aliphatic carbocycles. The van der Waals surface area contributed by atoms with Crippen molar-refractivity contribution in [2.75, 3.05) is 26.7 Å². The van der Waals surface area contributed by atoms with Gasteiger partial charge in [-0.2, -0.15) is 5.10 Å². The highest BCUT2D eigenvalue weighted by Crippen LogP contribution is 2.32. The van der Waals surface area contributed by atoms with Gasteiger partial charge in [0.15, 0.2) is 0 Å². The summed E-state index contributed by atoms with van der Waals surface area (Å²) >= 11 is 0. The number of fused-ring (bicyclic) bond motifs is 2. The molecular weight excluding hydrogens is 382 g/mol. The van der Waals surface area contributed by atoms with Crippen LogP contribution in [0, 0.1) is 0 Å². The van der Waals surface area contributed by atoms with Crippen molar-refractivity contribution in [3.8, 4) is 5.75 Å². The molecule has 0 radical (unpaired) electrons. The fraction of sp³-hybridized carbons (Fsp3) is 0.217. The molecule has 0 fully saturated rings. The van der Waals surface area contributed by atoms with Crippen molar-refractivity contribution in [1.82, 2.24) is 15.1 Å². The molecule has 1 unspecified atom stereocenters. The first-order chi connectivity index (χ1) is 14.0. The second-order valence-corrected chi connectivity index (χ2v) is 9.33. The average molecular weight is 408 g/mol. The molecule has 0 bridgehead atoms. The number of nitrogens with zero attached hydrogens (tertiary/aromatic N) is 2. The van der Waals surface area contributed by atoms with Crippen LogP contribution in [0.2, 0.25) is 0 Å². The number of nitrogens with one attached hydrogen (secondary N) is 1. The maximum atomic E-state index is 13.9. The van der Waals surface area contributed by atoms with E-state index in [0.29, 0.717) is 16.5 Å². The molecule has 6 heteroatoms. The molecule has 4 aromatic rings. The quantitative estimate of drug-likeness (QED) is 0.467. The Morgan fingerprint density at radius 2 is 1.90 bits per heavy atom. The monoisotopic (exact) mass is 407 g/mol. The fourth-order valence-corrected chi connectivity index (χ4v) is 5.15. The molecule has 1 heterocycles. The predicted molar refractivity (Wildman–Crippen MR) is 121 cm³/mol. The largest absolute Gasteiger partial charge is 0.492 e. The Labute approximate surface area is 171 Å². The van der Waals surface area contributed by atoms with Crippen LogP contribution in [0.1, 0.15) is 6.92 Å². The number of aromatic amines is 1. The highest BCUT2D eigenvalue weighted by atomic mass is 32.2. The Bertz CT molecular complexity index is 1260. The van der Waals surface area contributed by atoms with E-state index < -0.39 is 9.52 Å². The number of rotatable bonds is 7. The Morgan fingerprint density at radius 3 is 2.72 bits per heavy atom. The first-order valence-electron chi connectivity index (χ1n) is 9.65. The molecule has 0 saturated carbocycles. The first-order valence-corrected chi connectivity index (χ1v) is 11.4. The van der Waals surface area contributed by atoms with Crippen molar-refractivity contribution >= 4 is 37.1 Å². The lowest BCUT2D eigenvalue weighted by atomic mass is 10.1. The van der Waals surface area contributed by atoms with E-state index in [0.717, 1.165) is 40.5 Å². The molecule has 1 aromatic heterocycles. The maximum Gasteiger partial charge on any atom is 0.126 e. The number of hydrogen-bond donors (Lipinski definition) is 1. The van der Waals surface area contributed by atoms with Crippen molar-refractivity contribution in [3.63, 3.8) is 0 Å². The molecule has 0 spiro atoms. The van der Waals surface area contributed by atoms with E-state index >= 15 is 0 Å². The zero-order valence-corrected chi connectivity index (χ0v) is 17.5. The van der Waals surface area contributed by atoms with Crippen LogP contribution in [0.5, 0.6) is 5.75 Å². The third kappa shape index (κ3) is 3.73. The van der Waals surface area contributed by atoms with Crippen molar-refractivity contribution in [2.24, 2.45) is 0 Å². The lowest BCUT2D eigenvalue weighted by Crippen LogP contribution is -2.23. The van der Waals surface area contributed by atoms with Gasteiger partial charge in [0, 0.05) is 26.3 Å². The van der Waals surface area contributed by atoms with Gasteiger partial charge in [-0.1, -0.05) is 43.3 Å². The molecule has 4 rings (SSSR count). The number of H-pyrrole nitrogens is 1. The van der Waals surface area contributed by atoms with Crippen LogP contribution in [0.15, 0.2) is 70.6 Å². The van der Waals surface area contributed by atoms with Crippen LogP contribution in [-0.2, 0) is 9.52 Å². The van der Waals surface area contributed by atoms with E-state index in [1.807, 2.05) is 60.7 Å². The van der Waals surface area contributed by atoms with Crippen molar-refractivity contribution in [1.29, 1.82) is 0 Å². The third-order valence-corrected chi connectivity index (χ3v) is 7.24. The Morgan fingerprint density at radius 1 is 1.10 bits per heavy atom. The summed E-state index contributed by atoms with van der Waals surface area (Å²) in [6.07, 6.45) is 0. The SMILES string of the molecule is C=S(=O)(c1cccc2ccccc12)c1[nH]nc2ccc(OCCN(C)CC)cc12. The molecule has 0 amide bonds. The molecule has 0 aliphatic rings. The van der Waals surface area contributed by atoms with E-state index in [-0.39, 0.29) is 0 Å². The van der Waals surface area contributed by atoms with Gasteiger partial charge in [-0.15, -0.1) is 0 Å². The summed E-state index contributed by atoms with van der Waals surface area (Å²) in [7, 11) is -0.727. The normalized spacial score (nSPS) is 13.8. The summed E-state index contributed by atoms with van der Waals surface area (Å²) < 4.78 is 19.8. The van der Waals surface area contributed by atoms with Crippen molar-refractivity contribution in [3.05, 3.63) is 60.7 Å². The molecule has 3 aromatic carbocycles. The van der Waals surface area contributed by atoms with Gasteiger partial charge in [-0.3, -0.25) is 9.31 Å². The van der Waals surface area contributed by atoms with Crippen LogP contribution in [-0.4, -0.2) is 51.9 Å². The summed E-state index contributed by atoms with van der Waals surface area (Å²) in [5, 5.41) is 10.6. The topological polar surface area (TPSA) is 58.2 Å². The number of aromatic nitrogens is 2. The van der Waals surface area contributed by atoms with E-state index in [9.17, 15) is 4.21 Å². The van der Waals surface area contributed by atoms with Crippen LogP contribution in [0.4, 0.5) is 0 Å². The first kappa shape index (κ1) is 19.5. The summed E-state index contributed by atoms with van der Waals surface area (Å²) in [5.74, 6) is 4.85. The Balaban J connectivity index is 1.74. The molecular formula is C23H25N3O2S. The van der Waals surface area contributed by atoms with Gasteiger partial charge in [0.25, 0.3) is 0 Å². The van der Waals surface area contributed by atoms with Gasteiger partial charge >= 0.3 is 0 Å². The van der Waals surface area contributed by atoms with Gasteiger partial charge in [0.05, 0.1) is 5.52 Å². The van der Waals surface area contributed by atoms with E-state index in [1.165, 1.54) is 0 Å². The number of hydrogen-bond acceptors (Lipinski definition) is 4. The van der Waals surface area contributed by atoms with Crippen molar-refractivity contribution < 1.29 is 8.95 Å². The molecule has 5 nitrogen and oxygen atoms in total. The average Bonchev–Trinajstić information content (AvgIpc) is 3.17. The zero-order chi connectivity index (χ0) is 20.4. The Kier molecular flexibility index (Phi) is 5.30. The maximum absolute atomic E-state index is 13.9. The molecule has 150 valence electrons. The van der Waals surface area contributed by atoms with Gasteiger partial charge in [0.1, 0.15) is 17.4 Å². The van der Waals surface area contributed by atoms with E-state index in [1.54, 1.807) is 0 Å². The van der Waals surface area contributed by atoms with Gasteiger partial charge in [0.2, 0.25) is 0 Å². The second-order valence-electron chi connectivity index (χ2n) is 7.13. The summed E-state index contributed by atoms with van der Waals surface area (Å²) in [6, 6.07) is 19.4. The fourth-order valence-electron chi connectivity index (χ4n) is 3.38. The highest BCUT2D eigenvalue weighted by molar-refractivity contribution is 8.00. The minimum atomic E-state index is -2.79. The van der Waals surface area contributed by atoms with E-state index in [2.05, 4.69) is 34.9 Å². The highest BCUT2D eigenvalue weighted by Gasteiger charge is 2.20. The summed E-state index contributed by atoms with van der Waals surface area (Å²) in [5.41, 5.74) is 0.745. The standard InChI is InChI=1S/C23H25N3O2S/c1-4-26(2)14-15-28-18-12-13-21-20(16-18)23(25-24-21)29(3,27)22-11-7-9-17-8-5-6-10-19(17)22/h5-13,16H,3-4,14-15H2,1-2H3,(H,24,25). The lowest BCUT2D eigenvalue weighted by Gasteiger charge is -2.14. The van der Waals surface area contributed by atoms with Gasteiger partial charge < -0.3 is 9.64 Å². The number of benzene rings is 3. The van der Waals surface area contributed by atoms with Crippen LogP contribution < -0.4 is 4.74 Å². The van der Waals surface area contributed by atoms with Crippen LogP contribution >= 0.6 is 0 Å². The second kappa shape index (κ2) is 7.89. The van der Waals surface area contributed by atoms with E-state index in [4.69, 9.17) is 4.74 Å². The number of likely N-dealkylation sites (N-methyl/N-ethyl adjacent to an activating group) is 1. The van der Waals surface area contributed by atoms with Crippen LogP contribution in [0.25, 0.3) is 21.7 Å². The third-order valence-electron chi connectivity index (χ3n) is 5.21. The molecule has 29 heavy (non-hydrogen) atoms. The minimum absolute atomic E-state index is 0.528. The van der Waals surface area contributed by atoms with Crippen molar-refractivity contribution in [2.45, 2.75) is 16.8 Å².